The minimum Gasteiger partial charge on any atom is -0.389 e. The third kappa shape index (κ3) is 2.26. The molecule has 6 nitrogen and oxygen atoms in total. The number of ether oxygens (including phenoxy) is 2. The van der Waals surface area contributed by atoms with E-state index in [1.807, 2.05) is 24.6 Å². The van der Waals surface area contributed by atoms with Gasteiger partial charge in [0.05, 0.1) is 24.4 Å². The van der Waals surface area contributed by atoms with E-state index in [0.29, 0.717) is 6.61 Å². The zero-order chi connectivity index (χ0) is 14.4. The first kappa shape index (κ1) is 14.0. The maximum atomic E-state index is 10.8. The third-order valence-electron chi connectivity index (χ3n) is 3.98. The van der Waals surface area contributed by atoms with E-state index in [-0.39, 0.29) is 24.2 Å². The van der Waals surface area contributed by atoms with E-state index in [9.17, 15) is 5.11 Å². The summed E-state index contributed by atoms with van der Waals surface area (Å²) >= 11 is 0. The molecule has 6 heteroatoms. The van der Waals surface area contributed by atoms with Crippen LogP contribution in [0.2, 0.25) is 0 Å². The summed E-state index contributed by atoms with van der Waals surface area (Å²) < 4.78 is 13.4. The number of aliphatic hydroxyl groups is 1. The van der Waals surface area contributed by atoms with E-state index in [1.54, 1.807) is 0 Å². The summed E-state index contributed by atoms with van der Waals surface area (Å²) in [6.07, 6.45) is -1.09. The van der Waals surface area contributed by atoms with Gasteiger partial charge in [-0.25, -0.2) is 0 Å². The quantitative estimate of drug-likeness (QED) is 0.845. The largest absolute Gasteiger partial charge is 0.389 e. The fourth-order valence-corrected chi connectivity index (χ4v) is 3.20. The highest BCUT2D eigenvalue weighted by atomic mass is 16.7. The number of hydrogen-bond donors (Lipinski definition) is 2. The number of aliphatic hydroxyl groups excluding tert-OH is 1. The van der Waals surface area contributed by atoms with Crippen molar-refractivity contribution in [1.82, 2.24) is 15.1 Å². The predicted molar refractivity (Wildman–Crippen MR) is 73.4 cm³/mol. The standard InChI is InChI=1S/C14H23N3O3/c1-7(2)15-11-10-6-19-14(20-10)12(13(11)18)17-9(4)5-8(3)16-17/h5,7,10-15,18H,6H2,1-4H3. The SMILES string of the molecule is Cc1cc(C)n(C2C3OCC(O3)C(NC(C)C)C2O)n1. The Kier molecular flexibility index (Phi) is 3.58. The summed E-state index contributed by atoms with van der Waals surface area (Å²) in [5, 5.41) is 18.6. The van der Waals surface area contributed by atoms with Crippen molar-refractivity contribution in [3.05, 3.63) is 17.5 Å². The van der Waals surface area contributed by atoms with Gasteiger partial charge in [-0.05, 0) is 19.9 Å². The van der Waals surface area contributed by atoms with Gasteiger partial charge in [-0.15, -0.1) is 0 Å². The maximum Gasteiger partial charge on any atom is 0.183 e. The van der Waals surface area contributed by atoms with Gasteiger partial charge in [0.1, 0.15) is 12.1 Å². The summed E-state index contributed by atoms with van der Waals surface area (Å²) in [6.45, 7) is 8.57. The zero-order valence-electron chi connectivity index (χ0n) is 12.4. The summed E-state index contributed by atoms with van der Waals surface area (Å²) in [7, 11) is 0. The molecule has 2 bridgehead atoms. The van der Waals surface area contributed by atoms with Gasteiger partial charge in [0.15, 0.2) is 6.29 Å². The molecule has 3 rings (SSSR count). The Balaban J connectivity index is 1.91. The lowest BCUT2D eigenvalue weighted by Gasteiger charge is -2.40. The summed E-state index contributed by atoms with van der Waals surface area (Å²) in [6, 6.07) is 1.83. The molecule has 20 heavy (non-hydrogen) atoms. The molecule has 0 amide bonds. The van der Waals surface area contributed by atoms with Crippen LogP contribution in [0.1, 0.15) is 31.3 Å². The lowest BCUT2D eigenvalue weighted by Crippen LogP contribution is -2.59. The molecule has 0 aromatic carbocycles. The van der Waals surface area contributed by atoms with E-state index in [1.165, 1.54) is 0 Å². The van der Waals surface area contributed by atoms with Gasteiger partial charge in [0.25, 0.3) is 0 Å². The second-order valence-corrected chi connectivity index (χ2v) is 6.08. The molecule has 3 heterocycles. The molecule has 2 fully saturated rings. The Hall–Kier alpha value is -0.950. The molecule has 2 N–H and O–H groups in total. The molecule has 5 atom stereocenters. The van der Waals surface area contributed by atoms with Crippen molar-refractivity contribution in [3.8, 4) is 0 Å². The minimum absolute atomic E-state index is 0.0920. The molecule has 2 saturated heterocycles. The third-order valence-corrected chi connectivity index (χ3v) is 3.98. The highest BCUT2D eigenvalue weighted by molar-refractivity contribution is 5.11. The Bertz CT molecular complexity index is 488. The highest BCUT2D eigenvalue weighted by Crippen LogP contribution is 2.36. The van der Waals surface area contributed by atoms with Crippen LogP contribution in [0.4, 0.5) is 0 Å². The van der Waals surface area contributed by atoms with Crippen molar-refractivity contribution in [2.24, 2.45) is 0 Å². The van der Waals surface area contributed by atoms with Gasteiger partial charge in [-0.3, -0.25) is 4.68 Å². The molecule has 0 radical (unpaired) electrons. The van der Waals surface area contributed by atoms with Crippen molar-refractivity contribution >= 4 is 0 Å². The van der Waals surface area contributed by atoms with Gasteiger partial charge in [-0.1, -0.05) is 13.8 Å². The Morgan fingerprint density at radius 2 is 2.20 bits per heavy atom. The Morgan fingerprint density at radius 3 is 2.80 bits per heavy atom. The fraction of sp³-hybridized carbons (Fsp3) is 0.786. The number of rotatable bonds is 3. The highest BCUT2D eigenvalue weighted by Gasteiger charge is 2.51. The predicted octanol–water partition coefficient (Wildman–Crippen LogP) is 0.524. The summed E-state index contributed by atoms with van der Waals surface area (Å²) in [5.41, 5.74) is 1.94. The second-order valence-electron chi connectivity index (χ2n) is 6.08. The van der Waals surface area contributed by atoms with E-state index < -0.39 is 12.4 Å². The van der Waals surface area contributed by atoms with Gasteiger partial charge in [0, 0.05) is 11.7 Å². The normalized spacial score (nSPS) is 36.8. The first-order valence-electron chi connectivity index (χ1n) is 7.21. The number of nitrogens with one attached hydrogen (secondary N) is 1. The Labute approximate surface area is 119 Å². The van der Waals surface area contributed by atoms with Gasteiger partial charge >= 0.3 is 0 Å². The van der Waals surface area contributed by atoms with E-state index in [4.69, 9.17) is 9.47 Å². The molecule has 0 saturated carbocycles. The topological polar surface area (TPSA) is 68.5 Å². The molecular formula is C14H23N3O3. The molecular weight excluding hydrogens is 258 g/mol. The maximum absolute atomic E-state index is 10.8. The van der Waals surface area contributed by atoms with Crippen molar-refractivity contribution in [2.45, 2.75) is 64.3 Å². The number of aryl methyl sites for hydroxylation is 2. The van der Waals surface area contributed by atoms with Crippen molar-refractivity contribution in [1.29, 1.82) is 0 Å². The van der Waals surface area contributed by atoms with Crippen molar-refractivity contribution in [2.75, 3.05) is 6.61 Å². The lowest BCUT2D eigenvalue weighted by molar-refractivity contribution is -0.169. The Morgan fingerprint density at radius 1 is 1.45 bits per heavy atom. The molecule has 2 aliphatic heterocycles. The van der Waals surface area contributed by atoms with Gasteiger partial charge in [-0.2, -0.15) is 5.10 Å². The van der Waals surface area contributed by atoms with Crippen LogP contribution in [0.15, 0.2) is 6.07 Å². The number of hydrogen-bond acceptors (Lipinski definition) is 5. The van der Waals surface area contributed by atoms with Crippen LogP contribution < -0.4 is 5.32 Å². The molecule has 5 unspecified atom stereocenters. The summed E-state index contributed by atoms with van der Waals surface area (Å²) in [5.74, 6) is 0. The van der Waals surface area contributed by atoms with E-state index in [0.717, 1.165) is 11.4 Å². The monoisotopic (exact) mass is 281 g/mol. The molecule has 1 aromatic heterocycles. The van der Waals surface area contributed by atoms with Crippen LogP contribution in [0, 0.1) is 13.8 Å². The van der Waals surface area contributed by atoms with Crippen LogP contribution in [-0.4, -0.2) is 52.1 Å². The van der Waals surface area contributed by atoms with Crippen LogP contribution >= 0.6 is 0 Å². The smallest absolute Gasteiger partial charge is 0.183 e. The van der Waals surface area contributed by atoms with E-state index in [2.05, 4.69) is 24.3 Å². The van der Waals surface area contributed by atoms with E-state index >= 15 is 0 Å². The number of aromatic nitrogens is 2. The average molecular weight is 281 g/mol. The molecule has 0 spiro atoms. The van der Waals surface area contributed by atoms with Crippen LogP contribution in [0.5, 0.6) is 0 Å². The molecule has 112 valence electrons. The summed E-state index contributed by atoms with van der Waals surface area (Å²) in [4.78, 5) is 0. The fourth-order valence-electron chi connectivity index (χ4n) is 3.20. The van der Waals surface area contributed by atoms with Gasteiger partial charge < -0.3 is 19.9 Å². The molecule has 0 aliphatic carbocycles. The molecule has 1 aromatic rings. The first-order valence-corrected chi connectivity index (χ1v) is 7.21. The lowest BCUT2D eigenvalue weighted by atomic mass is 9.95. The van der Waals surface area contributed by atoms with Crippen LogP contribution in [-0.2, 0) is 9.47 Å². The number of nitrogens with zero attached hydrogens (tertiary/aromatic N) is 2. The van der Waals surface area contributed by atoms with Crippen LogP contribution in [0.25, 0.3) is 0 Å². The average Bonchev–Trinajstić information content (AvgIpc) is 2.91. The second kappa shape index (κ2) is 5.11. The molecule has 2 aliphatic rings. The van der Waals surface area contributed by atoms with Gasteiger partial charge in [0.2, 0.25) is 0 Å². The number of fused-ring (bicyclic) bond motifs is 2. The zero-order valence-corrected chi connectivity index (χ0v) is 12.4. The van der Waals surface area contributed by atoms with Crippen molar-refractivity contribution in [3.63, 3.8) is 0 Å². The first-order chi connectivity index (χ1) is 9.47. The van der Waals surface area contributed by atoms with Crippen LogP contribution in [0.3, 0.4) is 0 Å². The van der Waals surface area contributed by atoms with Crippen molar-refractivity contribution < 1.29 is 14.6 Å². The minimum atomic E-state index is -0.582.